The van der Waals surface area contributed by atoms with Crippen LogP contribution in [0.25, 0.3) is 0 Å². The Labute approximate surface area is 111 Å². The van der Waals surface area contributed by atoms with Crippen molar-refractivity contribution in [3.63, 3.8) is 0 Å². The van der Waals surface area contributed by atoms with E-state index >= 15 is 0 Å². The van der Waals surface area contributed by atoms with Crippen molar-refractivity contribution < 1.29 is 4.79 Å². The summed E-state index contributed by atoms with van der Waals surface area (Å²) in [4.78, 5) is 12.5. The van der Waals surface area contributed by atoms with Gasteiger partial charge < -0.3 is 0 Å². The molecule has 18 heavy (non-hydrogen) atoms. The third kappa shape index (κ3) is 1.37. The molecule has 90 valence electrons. The molecule has 3 rings (SSSR count). The highest BCUT2D eigenvalue weighted by atomic mass is 35.5. The number of hydrogen-bond donors (Lipinski definition) is 0. The number of halogens is 1. The minimum atomic E-state index is -0.238. The van der Waals surface area contributed by atoms with E-state index in [1.54, 1.807) is 0 Å². The third-order valence-electron chi connectivity index (χ3n) is 3.73. The fourth-order valence-electron chi connectivity index (χ4n) is 2.85. The summed E-state index contributed by atoms with van der Waals surface area (Å²) in [6.45, 7) is 4.23. The van der Waals surface area contributed by atoms with Crippen LogP contribution >= 0.6 is 11.6 Å². The maximum atomic E-state index is 12.5. The lowest BCUT2D eigenvalue weighted by atomic mass is 9.68. The van der Waals surface area contributed by atoms with Crippen LogP contribution < -0.4 is 0 Å². The topological polar surface area (TPSA) is 17.1 Å². The second-order valence-corrected chi connectivity index (χ2v) is 5.57. The summed E-state index contributed by atoms with van der Waals surface area (Å²) in [5, 5.41) is 0.667. The van der Waals surface area contributed by atoms with Gasteiger partial charge in [-0.3, -0.25) is 4.79 Å². The van der Waals surface area contributed by atoms with Gasteiger partial charge in [-0.05, 0) is 17.2 Å². The lowest BCUT2D eigenvalue weighted by molar-refractivity contribution is 0.103. The minimum absolute atomic E-state index is 0.0717. The molecule has 0 unspecified atom stereocenters. The zero-order valence-electron chi connectivity index (χ0n) is 10.3. The van der Waals surface area contributed by atoms with Crippen molar-refractivity contribution in [1.82, 2.24) is 0 Å². The van der Waals surface area contributed by atoms with Gasteiger partial charge in [0.25, 0.3) is 0 Å². The molecule has 2 aromatic carbocycles. The van der Waals surface area contributed by atoms with E-state index in [0.29, 0.717) is 5.02 Å². The predicted octanol–water partition coefficient (Wildman–Crippen LogP) is 4.21. The van der Waals surface area contributed by atoms with Crippen molar-refractivity contribution in [2.75, 3.05) is 0 Å². The summed E-state index contributed by atoms with van der Waals surface area (Å²) in [6, 6.07) is 13.3. The first kappa shape index (κ1) is 11.5. The Balaban J connectivity index is 2.41. The summed E-state index contributed by atoms with van der Waals surface area (Å²) in [5.74, 6) is 0.0717. The van der Waals surface area contributed by atoms with E-state index in [1.807, 2.05) is 42.5 Å². The van der Waals surface area contributed by atoms with Gasteiger partial charge in [0.2, 0.25) is 0 Å². The first-order valence-electron chi connectivity index (χ1n) is 5.96. The Morgan fingerprint density at radius 2 is 1.61 bits per heavy atom. The summed E-state index contributed by atoms with van der Waals surface area (Å²) in [7, 11) is 0. The molecule has 0 bridgehead atoms. The fraction of sp³-hybridized carbons (Fsp3) is 0.188. The number of carbonyl (C=O) groups is 1. The number of fused-ring (bicyclic) bond motifs is 2. The van der Waals surface area contributed by atoms with Crippen molar-refractivity contribution in [3.05, 3.63) is 69.7 Å². The van der Waals surface area contributed by atoms with Gasteiger partial charge in [0.15, 0.2) is 5.78 Å². The van der Waals surface area contributed by atoms with E-state index in [1.165, 1.54) is 0 Å². The Morgan fingerprint density at radius 1 is 0.944 bits per heavy atom. The molecule has 0 saturated carbocycles. The smallest absolute Gasteiger partial charge is 0.193 e. The van der Waals surface area contributed by atoms with E-state index in [4.69, 9.17) is 11.6 Å². The highest BCUT2D eigenvalue weighted by Gasteiger charge is 2.37. The summed E-state index contributed by atoms with van der Waals surface area (Å²) in [5.41, 5.74) is 3.27. The number of rotatable bonds is 0. The van der Waals surface area contributed by atoms with Gasteiger partial charge in [-0.1, -0.05) is 61.8 Å². The van der Waals surface area contributed by atoms with Gasteiger partial charge in [0.1, 0.15) is 0 Å². The molecule has 1 nitrogen and oxygen atoms in total. The van der Waals surface area contributed by atoms with Crippen LogP contribution in [0.1, 0.15) is 40.9 Å². The molecule has 0 heterocycles. The molecule has 0 saturated heterocycles. The van der Waals surface area contributed by atoms with Crippen LogP contribution in [-0.2, 0) is 5.41 Å². The Bertz CT molecular complexity index is 656. The third-order valence-corrected chi connectivity index (χ3v) is 4.04. The van der Waals surface area contributed by atoms with Gasteiger partial charge in [0.05, 0.1) is 0 Å². The van der Waals surface area contributed by atoms with E-state index in [2.05, 4.69) is 13.8 Å². The van der Waals surface area contributed by atoms with Gasteiger partial charge >= 0.3 is 0 Å². The Hall–Kier alpha value is -1.60. The zero-order chi connectivity index (χ0) is 12.9. The maximum Gasteiger partial charge on any atom is 0.193 e. The van der Waals surface area contributed by atoms with Gasteiger partial charge in [0, 0.05) is 21.6 Å². The molecule has 0 fully saturated rings. The predicted molar refractivity (Wildman–Crippen MR) is 73.5 cm³/mol. The van der Waals surface area contributed by atoms with Crippen LogP contribution in [0.15, 0.2) is 42.5 Å². The summed E-state index contributed by atoms with van der Waals surface area (Å²) >= 11 is 6.31. The normalized spacial score (nSPS) is 16.1. The Kier molecular flexibility index (Phi) is 2.36. The Morgan fingerprint density at radius 3 is 2.39 bits per heavy atom. The maximum absolute atomic E-state index is 12.5. The molecular formula is C16H13ClO. The standard InChI is InChI=1S/C16H13ClO/c1-16(2)12-8-4-3-6-10(12)15(18)11-7-5-9-13(17)14(11)16/h3-9H,1-2H3. The molecular weight excluding hydrogens is 244 g/mol. The highest BCUT2D eigenvalue weighted by molar-refractivity contribution is 6.32. The van der Waals surface area contributed by atoms with E-state index < -0.39 is 0 Å². The first-order valence-corrected chi connectivity index (χ1v) is 6.34. The van der Waals surface area contributed by atoms with E-state index in [0.717, 1.165) is 22.3 Å². The number of ketones is 1. The highest BCUT2D eigenvalue weighted by Crippen LogP contribution is 2.43. The van der Waals surface area contributed by atoms with Crippen molar-refractivity contribution in [2.45, 2.75) is 19.3 Å². The molecule has 0 N–H and O–H groups in total. The molecule has 0 aliphatic heterocycles. The van der Waals surface area contributed by atoms with Gasteiger partial charge in [-0.15, -0.1) is 0 Å². The molecule has 0 atom stereocenters. The van der Waals surface area contributed by atoms with Crippen LogP contribution in [-0.4, -0.2) is 5.78 Å². The lowest BCUT2D eigenvalue weighted by Crippen LogP contribution is -2.30. The van der Waals surface area contributed by atoms with Gasteiger partial charge in [-0.25, -0.2) is 0 Å². The van der Waals surface area contributed by atoms with Crippen molar-refractivity contribution in [1.29, 1.82) is 0 Å². The molecule has 2 aromatic rings. The number of benzene rings is 2. The average molecular weight is 257 g/mol. The molecule has 0 radical (unpaired) electrons. The van der Waals surface area contributed by atoms with Gasteiger partial charge in [-0.2, -0.15) is 0 Å². The largest absolute Gasteiger partial charge is 0.289 e. The van der Waals surface area contributed by atoms with Crippen molar-refractivity contribution in [3.8, 4) is 0 Å². The van der Waals surface area contributed by atoms with Crippen LogP contribution in [0.5, 0.6) is 0 Å². The van der Waals surface area contributed by atoms with E-state index in [-0.39, 0.29) is 11.2 Å². The lowest BCUT2D eigenvalue weighted by Gasteiger charge is -2.34. The second-order valence-electron chi connectivity index (χ2n) is 5.16. The quantitative estimate of drug-likeness (QED) is 0.690. The monoisotopic (exact) mass is 256 g/mol. The van der Waals surface area contributed by atoms with Crippen molar-refractivity contribution >= 4 is 17.4 Å². The van der Waals surface area contributed by atoms with Crippen LogP contribution in [0, 0.1) is 0 Å². The summed E-state index contributed by atoms with van der Waals surface area (Å²) < 4.78 is 0. The average Bonchev–Trinajstić information content (AvgIpc) is 2.36. The first-order chi connectivity index (χ1) is 8.53. The van der Waals surface area contributed by atoms with Crippen LogP contribution in [0.4, 0.5) is 0 Å². The second kappa shape index (κ2) is 3.69. The van der Waals surface area contributed by atoms with Crippen LogP contribution in [0.3, 0.4) is 0 Å². The SMILES string of the molecule is CC1(C)c2ccccc2C(=O)c2cccc(Cl)c21. The molecule has 1 aliphatic rings. The summed E-state index contributed by atoms with van der Waals surface area (Å²) in [6.07, 6.45) is 0. The van der Waals surface area contributed by atoms with Crippen LogP contribution in [0.2, 0.25) is 5.02 Å². The zero-order valence-corrected chi connectivity index (χ0v) is 11.1. The molecule has 0 amide bonds. The molecule has 0 aromatic heterocycles. The fourth-order valence-corrected chi connectivity index (χ4v) is 3.27. The van der Waals surface area contributed by atoms with E-state index in [9.17, 15) is 4.79 Å². The number of hydrogen-bond acceptors (Lipinski definition) is 1. The minimum Gasteiger partial charge on any atom is -0.289 e. The molecule has 0 spiro atoms. The molecule has 1 aliphatic carbocycles. The number of carbonyl (C=O) groups excluding carboxylic acids is 1. The molecule has 2 heteroatoms. The van der Waals surface area contributed by atoms with Crippen molar-refractivity contribution in [2.24, 2.45) is 0 Å².